The highest BCUT2D eigenvalue weighted by atomic mass is 16.5. The van der Waals surface area contributed by atoms with E-state index >= 15 is 0 Å². The van der Waals surface area contributed by atoms with Crippen molar-refractivity contribution in [2.24, 2.45) is 0 Å². The zero-order valence-electron chi connectivity index (χ0n) is 19.5. The second-order valence-electron chi connectivity index (χ2n) is 8.04. The van der Waals surface area contributed by atoms with Gasteiger partial charge in [-0.2, -0.15) is 0 Å². The Hall–Kier alpha value is -2.90. The molecule has 1 N–H and O–H groups in total. The first-order chi connectivity index (χ1) is 16.1. The lowest BCUT2D eigenvalue weighted by atomic mass is 10.0. The maximum Gasteiger partial charge on any atom is 0.220 e. The average Bonchev–Trinajstić information content (AvgIpc) is 2.87. The van der Waals surface area contributed by atoms with Crippen LogP contribution in [0.3, 0.4) is 0 Å². The average molecular weight is 455 g/mol. The Bertz CT molecular complexity index is 877. The van der Waals surface area contributed by atoms with Crippen molar-refractivity contribution >= 4 is 11.7 Å². The summed E-state index contributed by atoms with van der Waals surface area (Å²) in [6.45, 7) is 6.14. The van der Waals surface area contributed by atoms with Gasteiger partial charge in [0.2, 0.25) is 5.91 Å². The van der Waals surface area contributed by atoms with Crippen molar-refractivity contribution in [1.29, 1.82) is 0 Å². The summed E-state index contributed by atoms with van der Waals surface area (Å²) < 4.78 is 16.3. The lowest BCUT2D eigenvalue weighted by Crippen LogP contribution is -2.43. The van der Waals surface area contributed by atoms with Crippen LogP contribution < -0.4 is 14.8 Å². The predicted molar refractivity (Wildman–Crippen MR) is 127 cm³/mol. The molecule has 2 aromatic carbocycles. The minimum Gasteiger partial charge on any atom is -0.497 e. The number of ether oxygens (including phenoxy) is 3. The second-order valence-corrected chi connectivity index (χ2v) is 8.04. The molecular weight excluding hydrogens is 420 g/mol. The van der Waals surface area contributed by atoms with E-state index in [9.17, 15) is 9.59 Å². The molecule has 1 atom stereocenters. The third-order valence-electron chi connectivity index (χ3n) is 5.71. The molecule has 7 nitrogen and oxygen atoms in total. The Morgan fingerprint density at radius 3 is 2.30 bits per heavy atom. The van der Waals surface area contributed by atoms with Crippen LogP contribution in [-0.2, 0) is 9.53 Å². The van der Waals surface area contributed by atoms with Gasteiger partial charge in [-0.05, 0) is 48.4 Å². The molecule has 1 aliphatic rings. The molecule has 0 radical (unpaired) electrons. The molecule has 0 saturated carbocycles. The zero-order chi connectivity index (χ0) is 23.5. The van der Waals surface area contributed by atoms with Crippen LogP contribution in [0.4, 0.5) is 0 Å². The Morgan fingerprint density at radius 2 is 1.67 bits per heavy atom. The number of nitrogens with zero attached hydrogens (tertiary/aromatic N) is 1. The number of hydrogen-bond donors (Lipinski definition) is 1. The van der Waals surface area contributed by atoms with Gasteiger partial charge in [0, 0.05) is 38.0 Å². The number of carbonyl (C=O) groups excluding carboxylic acids is 2. The maximum absolute atomic E-state index is 12.5. The molecule has 3 rings (SSSR count). The monoisotopic (exact) mass is 454 g/mol. The van der Waals surface area contributed by atoms with Gasteiger partial charge < -0.3 is 19.5 Å². The molecule has 178 valence electrons. The van der Waals surface area contributed by atoms with Gasteiger partial charge >= 0.3 is 0 Å². The molecule has 1 saturated heterocycles. The molecular formula is C26H34N2O5. The molecule has 0 spiro atoms. The van der Waals surface area contributed by atoms with Crippen LogP contribution in [-0.4, -0.2) is 63.2 Å². The van der Waals surface area contributed by atoms with Gasteiger partial charge in [0.15, 0.2) is 5.78 Å². The molecule has 33 heavy (non-hydrogen) atoms. The third kappa shape index (κ3) is 7.58. The van der Waals surface area contributed by atoms with E-state index in [4.69, 9.17) is 14.2 Å². The first-order valence-corrected chi connectivity index (χ1v) is 11.6. The van der Waals surface area contributed by atoms with Crippen molar-refractivity contribution in [3.8, 4) is 11.5 Å². The van der Waals surface area contributed by atoms with Crippen LogP contribution in [0.2, 0.25) is 0 Å². The molecule has 1 aliphatic heterocycles. The predicted octanol–water partition coefficient (Wildman–Crippen LogP) is 3.64. The summed E-state index contributed by atoms with van der Waals surface area (Å²) in [6.07, 6.45) is 1.26. The number of rotatable bonds is 12. The first-order valence-electron chi connectivity index (χ1n) is 11.6. The fraction of sp³-hybridized carbons (Fsp3) is 0.462. The van der Waals surface area contributed by atoms with Crippen LogP contribution in [0.1, 0.15) is 48.1 Å². The molecule has 7 heteroatoms. The quantitative estimate of drug-likeness (QED) is 0.494. The number of hydrogen-bond acceptors (Lipinski definition) is 6. The van der Waals surface area contributed by atoms with E-state index in [1.54, 1.807) is 31.4 Å². The summed E-state index contributed by atoms with van der Waals surface area (Å²) in [4.78, 5) is 27.3. The van der Waals surface area contributed by atoms with Gasteiger partial charge in [-0.3, -0.25) is 14.5 Å². The van der Waals surface area contributed by atoms with E-state index in [2.05, 4.69) is 10.2 Å². The standard InChI is InChI=1S/C26H34N2O5/c1-3-16-33-23-10-6-21(7-11-23)25(29)12-13-26(30)27-19-24(28-14-17-32-18-15-28)20-4-8-22(31-2)9-5-20/h4-11,24H,3,12-19H2,1-2H3,(H,27,30). The smallest absolute Gasteiger partial charge is 0.220 e. The van der Waals surface area contributed by atoms with Gasteiger partial charge in [0.1, 0.15) is 11.5 Å². The van der Waals surface area contributed by atoms with Gasteiger partial charge in [-0.1, -0.05) is 19.1 Å². The normalized spacial score (nSPS) is 15.0. The lowest BCUT2D eigenvalue weighted by molar-refractivity contribution is -0.121. The Morgan fingerprint density at radius 1 is 1.00 bits per heavy atom. The van der Waals surface area contributed by atoms with E-state index in [-0.39, 0.29) is 30.6 Å². The number of morpholine rings is 1. The summed E-state index contributed by atoms with van der Waals surface area (Å²) in [5, 5.41) is 3.02. The number of Topliss-reactive ketones (excluding diaryl/α,β-unsaturated/α-hetero) is 1. The molecule has 1 heterocycles. The Labute approximate surface area is 196 Å². The highest BCUT2D eigenvalue weighted by molar-refractivity contribution is 5.98. The van der Waals surface area contributed by atoms with Crippen molar-refractivity contribution in [3.05, 3.63) is 59.7 Å². The highest BCUT2D eigenvalue weighted by Crippen LogP contribution is 2.24. The first kappa shape index (κ1) is 24.7. The van der Waals surface area contributed by atoms with Crippen molar-refractivity contribution in [1.82, 2.24) is 10.2 Å². The van der Waals surface area contributed by atoms with E-state index in [0.29, 0.717) is 31.9 Å². The minimum absolute atomic E-state index is 0.0372. The molecule has 1 unspecified atom stereocenters. The topological polar surface area (TPSA) is 77.1 Å². The number of nitrogens with one attached hydrogen (secondary N) is 1. The minimum atomic E-state index is -0.127. The lowest BCUT2D eigenvalue weighted by Gasteiger charge is -2.35. The summed E-state index contributed by atoms with van der Waals surface area (Å²) in [5.74, 6) is 1.37. The Kier molecular flexibility index (Phi) is 9.72. The summed E-state index contributed by atoms with van der Waals surface area (Å²) >= 11 is 0. The second kappa shape index (κ2) is 13.0. The van der Waals surface area contributed by atoms with Crippen LogP contribution in [0.15, 0.2) is 48.5 Å². The molecule has 0 bridgehead atoms. The van der Waals surface area contributed by atoms with E-state index in [1.165, 1.54) is 0 Å². The van der Waals surface area contributed by atoms with Gasteiger partial charge in [-0.25, -0.2) is 0 Å². The van der Waals surface area contributed by atoms with Crippen LogP contribution in [0.25, 0.3) is 0 Å². The van der Waals surface area contributed by atoms with Crippen molar-refractivity contribution in [3.63, 3.8) is 0 Å². The van der Waals surface area contributed by atoms with Crippen LogP contribution in [0, 0.1) is 0 Å². The largest absolute Gasteiger partial charge is 0.497 e. The zero-order valence-corrected chi connectivity index (χ0v) is 19.5. The van der Waals surface area contributed by atoms with Gasteiger partial charge in [0.25, 0.3) is 0 Å². The van der Waals surface area contributed by atoms with E-state index in [0.717, 1.165) is 36.6 Å². The molecule has 2 aromatic rings. The third-order valence-corrected chi connectivity index (χ3v) is 5.71. The molecule has 0 aliphatic carbocycles. The van der Waals surface area contributed by atoms with Crippen LogP contribution >= 0.6 is 0 Å². The SMILES string of the molecule is CCCOc1ccc(C(=O)CCC(=O)NCC(c2ccc(OC)cc2)N2CCOCC2)cc1. The van der Waals surface area contributed by atoms with E-state index in [1.807, 2.05) is 31.2 Å². The summed E-state index contributed by atoms with van der Waals surface area (Å²) in [5.41, 5.74) is 1.70. The maximum atomic E-state index is 12.5. The van der Waals surface area contributed by atoms with Crippen molar-refractivity contribution in [2.75, 3.05) is 46.6 Å². The number of methoxy groups -OCH3 is 1. The highest BCUT2D eigenvalue weighted by Gasteiger charge is 2.23. The molecule has 0 aromatic heterocycles. The summed E-state index contributed by atoms with van der Waals surface area (Å²) in [7, 11) is 1.64. The van der Waals surface area contributed by atoms with Crippen molar-refractivity contribution in [2.45, 2.75) is 32.2 Å². The van der Waals surface area contributed by atoms with Crippen LogP contribution in [0.5, 0.6) is 11.5 Å². The fourth-order valence-electron chi connectivity index (χ4n) is 3.80. The van der Waals surface area contributed by atoms with Crippen molar-refractivity contribution < 1.29 is 23.8 Å². The van der Waals surface area contributed by atoms with E-state index < -0.39 is 0 Å². The number of ketones is 1. The molecule has 1 amide bonds. The number of amides is 1. The number of carbonyl (C=O) groups is 2. The fourth-order valence-corrected chi connectivity index (χ4v) is 3.80. The van der Waals surface area contributed by atoms with Gasteiger partial charge in [-0.15, -0.1) is 0 Å². The Balaban J connectivity index is 1.52. The molecule has 1 fully saturated rings. The van der Waals surface area contributed by atoms with Gasteiger partial charge in [0.05, 0.1) is 33.0 Å². The summed E-state index contributed by atoms with van der Waals surface area (Å²) in [6, 6.07) is 15.1. The number of benzene rings is 2.